The molecule has 0 radical (unpaired) electrons. The molecule has 1 fully saturated rings. The maximum atomic E-state index is 12.8. The summed E-state index contributed by atoms with van der Waals surface area (Å²) in [5.41, 5.74) is 0.864. The van der Waals surface area contributed by atoms with Crippen LogP contribution in [0.4, 0.5) is 0 Å². The van der Waals surface area contributed by atoms with Crippen molar-refractivity contribution in [3.8, 4) is 11.5 Å². The molecule has 2 aliphatic rings. The Labute approximate surface area is 181 Å². The molecular formula is C21H23ClN2O5S. The van der Waals surface area contributed by atoms with Gasteiger partial charge < -0.3 is 14.8 Å². The summed E-state index contributed by atoms with van der Waals surface area (Å²) < 4.78 is 38.2. The van der Waals surface area contributed by atoms with E-state index in [0.717, 1.165) is 5.56 Å². The molecule has 2 aliphatic heterocycles. The Morgan fingerprint density at radius 2 is 1.77 bits per heavy atom. The van der Waals surface area contributed by atoms with E-state index < -0.39 is 10.0 Å². The molecule has 0 aliphatic carbocycles. The summed E-state index contributed by atoms with van der Waals surface area (Å²) in [5, 5.41) is 3.44. The first kappa shape index (κ1) is 21.0. The molecule has 1 saturated heterocycles. The lowest BCUT2D eigenvalue weighted by Gasteiger charge is -2.30. The minimum atomic E-state index is -3.58. The van der Waals surface area contributed by atoms with Crippen LogP contribution in [0, 0.1) is 5.92 Å². The Hall–Kier alpha value is -2.29. The first-order valence-electron chi connectivity index (χ1n) is 9.86. The van der Waals surface area contributed by atoms with Crippen LogP contribution < -0.4 is 14.8 Å². The van der Waals surface area contributed by atoms with E-state index in [1.165, 1.54) is 16.4 Å². The number of nitrogens with zero attached hydrogens (tertiary/aromatic N) is 1. The van der Waals surface area contributed by atoms with Crippen LogP contribution in [0.2, 0.25) is 5.02 Å². The van der Waals surface area contributed by atoms with Gasteiger partial charge in [0.1, 0.15) is 13.2 Å². The highest BCUT2D eigenvalue weighted by Crippen LogP contribution is 2.33. The van der Waals surface area contributed by atoms with Gasteiger partial charge in [0.15, 0.2) is 11.5 Å². The van der Waals surface area contributed by atoms with Gasteiger partial charge in [0, 0.05) is 36.1 Å². The maximum absolute atomic E-state index is 12.8. The fraction of sp³-hybridized carbons (Fsp3) is 0.381. The van der Waals surface area contributed by atoms with Gasteiger partial charge in [-0.15, -0.1) is 0 Å². The predicted octanol–water partition coefficient (Wildman–Crippen LogP) is 2.83. The van der Waals surface area contributed by atoms with Gasteiger partial charge in [-0.3, -0.25) is 4.79 Å². The van der Waals surface area contributed by atoms with Gasteiger partial charge in [-0.2, -0.15) is 4.31 Å². The van der Waals surface area contributed by atoms with Crippen LogP contribution in [0.1, 0.15) is 18.4 Å². The van der Waals surface area contributed by atoms with Crippen molar-refractivity contribution >= 4 is 27.5 Å². The van der Waals surface area contributed by atoms with Gasteiger partial charge in [-0.25, -0.2) is 8.42 Å². The number of piperidine rings is 1. The molecule has 9 heteroatoms. The largest absolute Gasteiger partial charge is 0.486 e. The standard InChI is InChI=1S/C21H23ClN2O5S/c22-17-4-6-18(7-5-17)30(26,27)24-10-8-15(9-11-24)21(25)23-14-16-2-1-3-19-20(16)29-13-12-28-19/h1-7,15H,8-14H2,(H,23,25). The van der Waals surface area contributed by atoms with Crippen LogP contribution in [0.25, 0.3) is 0 Å². The summed E-state index contributed by atoms with van der Waals surface area (Å²) in [7, 11) is -3.58. The summed E-state index contributed by atoms with van der Waals surface area (Å²) in [4.78, 5) is 12.9. The van der Waals surface area contributed by atoms with Crippen molar-refractivity contribution in [1.82, 2.24) is 9.62 Å². The summed E-state index contributed by atoms with van der Waals surface area (Å²) in [6.07, 6.45) is 0.955. The molecule has 1 amide bonds. The molecule has 0 saturated carbocycles. The predicted molar refractivity (Wildman–Crippen MR) is 112 cm³/mol. The zero-order chi connectivity index (χ0) is 21.1. The Morgan fingerprint density at radius 1 is 1.07 bits per heavy atom. The summed E-state index contributed by atoms with van der Waals surface area (Å²) in [6, 6.07) is 11.7. The van der Waals surface area contributed by atoms with Gasteiger partial charge in [-0.1, -0.05) is 23.7 Å². The molecular weight excluding hydrogens is 428 g/mol. The molecule has 0 unspecified atom stereocenters. The van der Waals surface area contributed by atoms with E-state index >= 15 is 0 Å². The first-order chi connectivity index (χ1) is 14.4. The molecule has 160 valence electrons. The van der Waals surface area contributed by atoms with Crippen molar-refractivity contribution in [2.24, 2.45) is 5.92 Å². The van der Waals surface area contributed by atoms with Gasteiger partial charge in [-0.05, 0) is 43.2 Å². The normalized spacial score (nSPS) is 17.5. The van der Waals surface area contributed by atoms with E-state index in [1.807, 2.05) is 18.2 Å². The third kappa shape index (κ3) is 4.40. The molecule has 1 N–H and O–H groups in total. The zero-order valence-corrected chi connectivity index (χ0v) is 17.9. The van der Waals surface area contributed by atoms with Gasteiger partial charge in [0.25, 0.3) is 0 Å². The summed E-state index contributed by atoms with van der Waals surface area (Å²) in [6.45, 7) is 1.95. The van der Waals surface area contributed by atoms with E-state index in [-0.39, 0.29) is 16.7 Å². The van der Waals surface area contributed by atoms with Gasteiger partial charge in [0.05, 0.1) is 4.90 Å². The number of carbonyl (C=O) groups is 1. The van der Waals surface area contributed by atoms with E-state index in [9.17, 15) is 13.2 Å². The number of nitrogens with one attached hydrogen (secondary N) is 1. The van der Waals surface area contributed by atoms with Crippen molar-refractivity contribution in [3.05, 3.63) is 53.1 Å². The topological polar surface area (TPSA) is 84.9 Å². The lowest BCUT2D eigenvalue weighted by Crippen LogP contribution is -2.42. The Balaban J connectivity index is 1.33. The molecule has 2 heterocycles. The summed E-state index contributed by atoms with van der Waals surface area (Å²) in [5.74, 6) is 1.06. The minimum Gasteiger partial charge on any atom is -0.486 e. The monoisotopic (exact) mass is 450 g/mol. The van der Waals surface area contributed by atoms with E-state index in [2.05, 4.69) is 5.32 Å². The van der Waals surface area contributed by atoms with E-state index in [1.54, 1.807) is 12.1 Å². The Kier molecular flexibility index (Phi) is 6.17. The second-order valence-corrected chi connectivity index (χ2v) is 9.67. The second kappa shape index (κ2) is 8.83. The molecule has 0 bridgehead atoms. The first-order valence-corrected chi connectivity index (χ1v) is 11.7. The third-order valence-corrected chi connectivity index (χ3v) is 7.54. The van der Waals surface area contributed by atoms with Crippen molar-refractivity contribution in [3.63, 3.8) is 0 Å². The second-order valence-electron chi connectivity index (χ2n) is 7.29. The highest BCUT2D eigenvalue weighted by atomic mass is 35.5. The van der Waals surface area contributed by atoms with Crippen molar-refractivity contribution in [2.45, 2.75) is 24.3 Å². The average Bonchev–Trinajstić information content (AvgIpc) is 2.78. The number of sulfonamides is 1. The lowest BCUT2D eigenvalue weighted by atomic mass is 9.97. The van der Waals surface area contributed by atoms with Gasteiger partial charge >= 0.3 is 0 Å². The lowest BCUT2D eigenvalue weighted by molar-refractivity contribution is -0.126. The Morgan fingerprint density at radius 3 is 2.50 bits per heavy atom. The number of hydrogen-bond donors (Lipinski definition) is 1. The molecule has 0 atom stereocenters. The number of benzene rings is 2. The van der Waals surface area contributed by atoms with Crippen molar-refractivity contribution in [2.75, 3.05) is 26.3 Å². The van der Waals surface area contributed by atoms with Crippen LogP contribution in [-0.4, -0.2) is 44.9 Å². The number of fused-ring (bicyclic) bond motifs is 1. The quantitative estimate of drug-likeness (QED) is 0.757. The molecule has 30 heavy (non-hydrogen) atoms. The number of para-hydroxylation sites is 1. The van der Waals surface area contributed by atoms with Crippen LogP contribution in [-0.2, 0) is 21.4 Å². The summed E-state index contributed by atoms with van der Waals surface area (Å²) >= 11 is 5.85. The average molecular weight is 451 g/mol. The fourth-order valence-electron chi connectivity index (χ4n) is 3.71. The van der Waals surface area contributed by atoms with Crippen molar-refractivity contribution < 1.29 is 22.7 Å². The molecule has 7 nitrogen and oxygen atoms in total. The van der Waals surface area contributed by atoms with Crippen molar-refractivity contribution in [1.29, 1.82) is 0 Å². The van der Waals surface area contributed by atoms with E-state index in [4.69, 9.17) is 21.1 Å². The number of ether oxygens (including phenoxy) is 2. The fourth-order valence-corrected chi connectivity index (χ4v) is 5.31. The molecule has 2 aromatic carbocycles. The number of rotatable bonds is 5. The third-order valence-electron chi connectivity index (χ3n) is 5.38. The molecule has 2 aromatic rings. The SMILES string of the molecule is O=C(NCc1cccc2c1OCCO2)C1CCN(S(=O)(=O)c2ccc(Cl)cc2)CC1. The van der Waals surface area contributed by atoms with Crippen LogP contribution >= 0.6 is 11.6 Å². The zero-order valence-electron chi connectivity index (χ0n) is 16.3. The number of carbonyl (C=O) groups excluding carboxylic acids is 1. The molecule has 0 spiro atoms. The maximum Gasteiger partial charge on any atom is 0.243 e. The minimum absolute atomic E-state index is 0.0760. The smallest absolute Gasteiger partial charge is 0.243 e. The molecule has 4 rings (SSSR count). The molecule has 0 aromatic heterocycles. The van der Waals surface area contributed by atoms with Crippen LogP contribution in [0.3, 0.4) is 0 Å². The number of hydrogen-bond acceptors (Lipinski definition) is 5. The highest BCUT2D eigenvalue weighted by Gasteiger charge is 2.32. The number of halogens is 1. The Bertz CT molecular complexity index is 1020. The van der Waals surface area contributed by atoms with E-state index in [0.29, 0.717) is 62.2 Å². The van der Waals surface area contributed by atoms with Crippen LogP contribution in [0.5, 0.6) is 11.5 Å². The number of amides is 1. The van der Waals surface area contributed by atoms with Crippen LogP contribution in [0.15, 0.2) is 47.4 Å². The van der Waals surface area contributed by atoms with Gasteiger partial charge in [0.2, 0.25) is 15.9 Å². The highest BCUT2D eigenvalue weighted by molar-refractivity contribution is 7.89.